The van der Waals surface area contributed by atoms with Crippen LogP contribution in [0.4, 0.5) is 0 Å². The van der Waals surface area contributed by atoms with E-state index in [1.54, 1.807) is 0 Å². The van der Waals surface area contributed by atoms with Crippen LogP contribution in [0, 0.1) is 0 Å². The SMILES string of the molecule is CC.O[C@H]1CO[C@@H]2CCO[C@H]12. The van der Waals surface area contributed by atoms with E-state index in [2.05, 4.69) is 0 Å². The van der Waals surface area contributed by atoms with Crippen LogP contribution in [-0.4, -0.2) is 36.6 Å². The molecule has 3 atom stereocenters. The topological polar surface area (TPSA) is 38.7 Å². The van der Waals surface area contributed by atoms with E-state index < -0.39 is 0 Å². The van der Waals surface area contributed by atoms with Gasteiger partial charge in [-0.25, -0.2) is 0 Å². The van der Waals surface area contributed by atoms with Crippen molar-refractivity contribution in [1.82, 2.24) is 0 Å². The highest BCUT2D eigenvalue weighted by atomic mass is 16.6. The van der Waals surface area contributed by atoms with Crippen LogP contribution in [0.3, 0.4) is 0 Å². The first kappa shape index (κ1) is 8.97. The number of fused-ring (bicyclic) bond motifs is 1. The first-order chi connectivity index (χ1) is 5.38. The molecular formula is C8H16O3. The van der Waals surface area contributed by atoms with Gasteiger partial charge in [-0.1, -0.05) is 13.8 Å². The Kier molecular flexibility index (Phi) is 3.30. The van der Waals surface area contributed by atoms with E-state index in [4.69, 9.17) is 14.6 Å². The molecule has 0 aromatic rings. The standard InChI is InChI=1S/C6H10O3.C2H6/c7-4-3-9-5-1-2-8-6(4)5;1-2/h4-7H,1-3H2;1-2H3/t4-,5+,6+;/m0./s1. The predicted octanol–water partition coefficient (Wildman–Crippen LogP) is 0.561. The molecule has 2 rings (SSSR count). The van der Waals surface area contributed by atoms with Crippen molar-refractivity contribution in [2.24, 2.45) is 0 Å². The number of aliphatic hydroxyl groups is 1. The summed E-state index contributed by atoms with van der Waals surface area (Å²) in [5.74, 6) is 0. The van der Waals surface area contributed by atoms with Crippen LogP contribution < -0.4 is 0 Å². The van der Waals surface area contributed by atoms with E-state index in [1.807, 2.05) is 13.8 Å². The molecule has 0 spiro atoms. The van der Waals surface area contributed by atoms with Crippen molar-refractivity contribution in [1.29, 1.82) is 0 Å². The van der Waals surface area contributed by atoms with Gasteiger partial charge in [-0.15, -0.1) is 0 Å². The van der Waals surface area contributed by atoms with Crippen LogP contribution in [-0.2, 0) is 9.47 Å². The van der Waals surface area contributed by atoms with Gasteiger partial charge in [-0.05, 0) is 6.42 Å². The lowest BCUT2D eigenvalue weighted by molar-refractivity contribution is 0.0187. The molecule has 3 heteroatoms. The minimum Gasteiger partial charge on any atom is -0.388 e. The van der Waals surface area contributed by atoms with Crippen LogP contribution in [0.5, 0.6) is 0 Å². The quantitative estimate of drug-likeness (QED) is 0.562. The third kappa shape index (κ3) is 1.72. The summed E-state index contributed by atoms with van der Waals surface area (Å²) in [6.45, 7) is 5.20. The molecule has 2 fully saturated rings. The first-order valence-corrected chi connectivity index (χ1v) is 4.29. The molecule has 2 heterocycles. The molecule has 11 heavy (non-hydrogen) atoms. The largest absolute Gasteiger partial charge is 0.388 e. The van der Waals surface area contributed by atoms with Gasteiger partial charge in [0.05, 0.1) is 12.7 Å². The van der Waals surface area contributed by atoms with Gasteiger partial charge in [0, 0.05) is 6.61 Å². The van der Waals surface area contributed by atoms with Crippen molar-refractivity contribution in [3.05, 3.63) is 0 Å². The Morgan fingerprint density at radius 3 is 2.64 bits per heavy atom. The molecule has 2 saturated heterocycles. The van der Waals surface area contributed by atoms with Gasteiger partial charge in [0.25, 0.3) is 0 Å². The monoisotopic (exact) mass is 160 g/mol. The van der Waals surface area contributed by atoms with Gasteiger partial charge in [0.15, 0.2) is 0 Å². The summed E-state index contributed by atoms with van der Waals surface area (Å²) in [6.07, 6.45) is 0.726. The minimum absolute atomic E-state index is 0.0231. The Labute approximate surface area is 67.3 Å². The third-order valence-corrected chi connectivity index (χ3v) is 1.94. The molecule has 0 saturated carbocycles. The Balaban J connectivity index is 0.000000281. The molecule has 2 aliphatic heterocycles. The zero-order valence-corrected chi connectivity index (χ0v) is 7.12. The second kappa shape index (κ2) is 4.04. The summed E-state index contributed by atoms with van der Waals surface area (Å²) < 4.78 is 10.4. The van der Waals surface area contributed by atoms with Crippen molar-refractivity contribution in [3.63, 3.8) is 0 Å². The summed E-state index contributed by atoms with van der Waals surface area (Å²) in [5.41, 5.74) is 0. The maximum atomic E-state index is 9.15. The maximum Gasteiger partial charge on any atom is 0.112 e. The fourth-order valence-corrected chi connectivity index (χ4v) is 1.45. The fourth-order valence-electron chi connectivity index (χ4n) is 1.45. The van der Waals surface area contributed by atoms with Crippen molar-refractivity contribution in [2.45, 2.75) is 38.6 Å². The lowest BCUT2D eigenvalue weighted by Gasteiger charge is -2.08. The maximum absolute atomic E-state index is 9.15. The molecular weight excluding hydrogens is 144 g/mol. The van der Waals surface area contributed by atoms with E-state index in [0.717, 1.165) is 13.0 Å². The molecule has 66 valence electrons. The second-order valence-corrected chi connectivity index (χ2v) is 2.56. The Morgan fingerprint density at radius 1 is 1.27 bits per heavy atom. The van der Waals surface area contributed by atoms with E-state index in [0.29, 0.717) is 6.61 Å². The number of ether oxygens (including phenoxy) is 2. The number of aliphatic hydroxyl groups excluding tert-OH is 1. The third-order valence-electron chi connectivity index (χ3n) is 1.94. The highest BCUT2D eigenvalue weighted by Gasteiger charge is 2.40. The van der Waals surface area contributed by atoms with Crippen LogP contribution in [0.25, 0.3) is 0 Å². The van der Waals surface area contributed by atoms with E-state index >= 15 is 0 Å². The lowest BCUT2D eigenvalue weighted by Crippen LogP contribution is -2.26. The normalized spacial score (nSPS) is 41.2. The van der Waals surface area contributed by atoms with Crippen LogP contribution in [0.2, 0.25) is 0 Å². The predicted molar refractivity (Wildman–Crippen MR) is 41.5 cm³/mol. The van der Waals surface area contributed by atoms with Crippen molar-refractivity contribution in [3.8, 4) is 0 Å². The van der Waals surface area contributed by atoms with Crippen LogP contribution in [0.15, 0.2) is 0 Å². The van der Waals surface area contributed by atoms with E-state index in [1.165, 1.54) is 0 Å². The Bertz CT molecular complexity index is 116. The fraction of sp³-hybridized carbons (Fsp3) is 1.00. The van der Waals surface area contributed by atoms with Gasteiger partial charge in [0.2, 0.25) is 0 Å². The average molecular weight is 160 g/mol. The smallest absolute Gasteiger partial charge is 0.112 e. The number of hydrogen-bond donors (Lipinski definition) is 1. The van der Waals surface area contributed by atoms with Crippen LogP contribution in [0.1, 0.15) is 20.3 Å². The molecule has 0 aromatic heterocycles. The highest BCUT2D eigenvalue weighted by molar-refractivity contribution is 4.88. The second-order valence-electron chi connectivity index (χ2n) is 2.56. The van der Waals surface area contributed by atoms with Gasteiger partial charge in [0.1, 0.15) is 12.2 Å². The highest BCUT2D eigenvalue weighted by Crippen LogP contribution is 2.25. The molecule has 0 aliphatic carbocycles. The molecule has 0 radical (unpaired) electrons. The van der Waals surface area contributed by atoms with Crippen molar-refractivity contribution >= 4 is 0 Å². The summed E-state index contributed by atoms with van der Waals surface area (Å²) in [6, 6.07) is 0. The minimum atomic E-state index is -0.377. The summed E-state index contributed by atoms with van der Waals surface area (Å²) >= 11 is 0. The average Bonchev–Trinajstić information content (AvgIpc) is 2.60. The summed E-state index contributed by atoms with van der Waals surface area (Å²) in [4.78, 5) is 0. The molecule has 1 N–H and O–H groups in total. The molecule has 0 aromatic carbocycles. The summed E-state index contributed by atoms with van der Waals surface area (Å²) in [5, 5.41) is 9.15. The van der Waals surface area contributed by atoms with Gasteiger partial charge >= 0.3 is 0 Å². The Hall–Kier alpha value is -0.120. The van der Waals surface area contributed by atoms with E-state index in [-0.39, 0.29) is 18.3 Å². The Morgan fingerprint density at radius 2 is 2.00 bits per heavy atom. The molecule has 3 nitrogen and oxygen atoms in total. The van der Waals surface area contributed by atoms with Gasteiger partial charge < -0.3 is 14.6 Å². The lowest BCUT2D eigenvalue weighted by atomic mass is 10.1. The summed E-state index contributed by atoms with van der Waals surface area (Å²) in [7, 11) is 0. The molecule has 0 unspecified atom stereocenters. The van der Waals surface area contributed by atoms with E-state index in [9.17, 15) is 0 Å². The van der Waals surface area contributed by atoms with Crippen LogP contribution >= 0.6 is 0 Å². The van der Waals surface area contributed by atoms with Crippen molar-refractivity contribution in [2.75, 3.05) is 13.2 Å². The first-order valence-electron chi connectivity index (χ1n) is 4.29. The molecule has 0 amide bonds. The molecule has 2 aliphatic rings. The molecule has 0 bridgehead atoms. The number of rotatable bonds is 0. The van der Waals surface area contributed by atoms with Gasteiger partial charge in [-0.3, -0.25) is 0 Å². The van der Waals surface area contributed by atoms with Gasteiger partial charge in [-0.2, -0.15) is 0 Å². The zero-order valence-electron chi connectivity index (χ0n) is 7.12. The van der Waals surface area contributed by atoms with Crippen molar-refractivity contribution < 1.29 is 14.6 Å². The zero-order chi connectivity index (χ0) is 8.27. The number of hydrogen-bond acceptors (Lipinski definition) is 3.